The average molecular weight is 249 g/mol. The van der Waals surface area contributed by atoms with Gasteiger partial charge in [0.15, 0.2) is 5.60 Å². The van der Waals surface area contributed by atoms with Crippen molar-refractivity contribution < 1.29 is 9.53 Å². The number of halogens is 1. The second-order valence-corrected chi connectivity index (χ2v) is 4.84. The van der Waals surface area contributed by atoms with Gasteiger partial charge in [-0.25, -0.2) is 0 Å². The largest absolute Gasteiger partial charge is 0.480 e. The highest BCUT2D eigenvalue weighted by atomic mass is 35.5. The zero-order valence-electron chi connectivity index (χ0n) is 9.74. The Kier molecular flexibility index (Phi) is 3.07. The molecule has 0 aromatic heterocycles. The summed E-state index contributed by atoms with van der Waals surface area (Å²) in [5.74, 6) is 0.586. The second kappa shape index (κ2) is 4.38. The molecular weight excluding hydrogens is 236 g/mol. The van der Waals surface area contributed by atoms with Crippen LogP contribution in [0.3, 0.4) is 0 Å². The molecule has 0 radical (unpaired) electrons. The minimum absolute atomic E-state index is 0.00624. The van der Waals surface area contributed by atoms with Crippen molar-refractivity contribution in [2.75, 3.05) is 0 Å². The molecule has 1 aromatic carbocycles. The van der Waals surface area contributed by atoms with Crippen LogP contribution in [0, 0.1) is 0 Å². The van der Waals surface area contributed by atoms with E-state index < -0.39 is 5.60 Å². The summed E-state index contributed by atoms with van der Waals surface area (Å²) in [5.41, 5.74) is 0.274. The van der Waals surface area contributed by atoms with E-state index in [0.717, 1.165) is 5.56 Å². The molecule has 1 aromatic rings. The van der Waals surface area contributed by atoms with E-state index in [0.29, 0.717) is 10.8 Å². The van der Waals surface area contributed by atoms with E-state index in [2.05, 4.69) is 0 Å². The van der Waals surface area contributed by atoms with Crippen LogP contribution in [0.15, 0.2) is 42.2 Å². The lowest BCUT2D eigenvalue weighted by molar-refractivity contribution is -0.126. The van der Waals surface area contributed by atoms with Crippen LogP contribution in [0.4, 0.5) is 0 Å². The minimum Gasteiger partial charge on any atom is -0.480 e. The molecule has 0 fully saturated rings. The van der Waals surface area contributed by atoms with Gasteiger partial charge < -0.3 is 4.74 Å². The summed E-state index contributed by atoms with van der Waals surface area (Å²) in [6, 6.07) is 7.45. The minimum atomic E-state index is -0.736. The smallest absolute Gasteiger partial charge is 0.202 e. The topological polar surface area (TPSA) is 26.3 Å². The van der Waals surface area contributed by atoms with Gasteiger partial charge in [0.2, 0.25) is 5.78 Å². The molecule has 17 heavy (non-hydrogen) atoms. The van der Waals surface area contributed by atoms with Crippen molar-refractivity contribution >= 4 is 23.5 Å². The Hall–Kier alpha value is -1.54. The molecule has 0 aliphatic carbocycles. The highest BCUT2D eigenvalue weighted by molar-refractivity contribution is 6.30. The van der Waals surface area contributed by atoms with Crippen LogP contribution < -0.4 is 0 Å². The van der Waals surface area contributed by atoms with Gasteiger partial charge >= 0.3 is 0 Å². The normalized spacial score (nSPS) is 18.3. The lowest BCUT2D eigenvalue weighted by atomic mass is 10.1. The SMILES string of the molecule is CC1(C)OC(/C=C/c2ccc(Cl)cc2)=CC1=O. The Morgan fingerprint density at radius 3 is 2.35 bits per heavy atom. The molecule has 0 bridgehead atoms. The molecule has 0 N–H and O–H groups in total. The van der Waals surface area contributed by atoms with E-state index in [-0.39, 0.29) is 5.78 Å². The zero-order valence-corrected chi connectivity index (χ0v) is 10.5. The third-order valence-electron chi connectivity index (χ3n) is 2.55. The quantitative estimate of drug-likeness (QED) is 0.799. The van der Waals surface area contributed by atoms with Crippen molar-refractivity contribution in [3.8, 4) is 0 Å². The van der Waals surface area contributed by atoms with E-state index in [1.54, 1.807) is 19.9 Å². The van der Waals surface area contributed by atoms with Gasteiger partial charge in [-0.2, -0.15) is 0 Å². The van der Waals surface area contributed by atoms with Crippen molar-refractivity contribution in [1.29, 1.82) is 0 Å². The van der Waals surface area contributed by atoms with Crippen LogP contribution in [-0.4, -0.2) is 11.4 Å². The molecule has 0 saturated heterocycles. The molecule has 0 saturated carbocycles. The lowest BCUT2D eigenvalue weighted by Crippen LogP contribution is -2.27. The number of benzene rings is 1. The second-order valence-electron chi connectivity index (χ2n) is 4.41. The Labute approximate surface area is 106 Å². The number of hydrogen-bond acceptors (Lipinski definition) is 2. The number of rotatable bonds is 2. The number of allylic oxidation sites excluding steroid dienone is 1. The summed E-state index contributed by atoms with van der Waals surface area (Å²) in [6.45, 7) is 3.52. The van der Waals surface area contributed by atoms with Gasteiger partial charge in [0, 0.05) is 11.1 Å². The predicted octanol–water partition coefficient (Wildman–Crippen LogP) is 3.62. The highest BCUT2D eigenvalue weighted by Crippen LogP contribution is 2.25. The fourth-order valence-electron chi connectivity index (χ4n) is 1.51. The van der Waals surface area contributed by atoms with Crippen molar-refractivity contribution in [3.63, 3.8) is 0 Å². The lowest BCUT2D eigenvalue weighted by Gasteiger charge is -2.16. The van der Waals surface area contributed by atoms with Gasteiger partial charge in [-0.3, -0.25) is 4.79 Å². The summed E-state index contributed by atoms with van der Waals surface area (Å²) in [5, 5.41) is 0.704. The van der Waals surface area contributed by atoms with Crippen molar-refractivity contribution in [3.05, 3.63) is 52.8 Å². The van der Waals surface area contributed by atoms with Crippen LogP contribution in [-0.2, 0) is 9.53 Å². The molecule has 2 rings (SSSR count). The first-order valence-electron chi connectivity index (χ1n) is 5.36. The fraction of sp³-hybridized carbons (Fsp3) is 0.214. The average Bonchev–Trinajstić information content (AvgIpc) is 2.52. The van der Waals surface area contributed by atoms with Crippen molar-refractivity contribution in [2.45, 2.75) is 19.4 Å². The van der Waals surface area contributed by atoms with E-state index >= 15 is 0 Å². The molecule has 0 spiro atoms. The summed E-state index contributed by atoms with van der Waals surface area (Å²) in [7, 11) is 0. The van der Waals surface area contributed by atoms with Crippen molar-refractivity contribution in [1.82, 2.24) is 0 Å². The van der Waals surface area contributed by atoms with Crippen LogP contribution in [0.5, 0.6) is 0 Å². The first-order valence-corrected chi connectivity index (χ1v) is 5.74. The van der Waals surface area contributed by atoms with Gasteiger partial charge in [0.05, 0.1) is 0 Å². The molecule has 3 heteroatoms. The third-order valence-corrected chi connectivity index (χ3v) is 2.80. The third kappa shape index (κ3) is 2.77. The Bertz CT molecular complexity index is 495. The maximum absolute atomic E-state index is 11.5. The van der Waals surface area contributed by atoms with Crippen LogP contribution in [0.25, 0.3) is 6.08 Å². The molecule has 0 amide bonds. The summed E-state index contributed by atoms with van der Waals surface area (Å²) in [4.78, 5) is 11.5. The highest BCUT2D eigenvalue weighted by Gasteiger charge is 2.33. The Morgan fingerprint density at radius 1 is 1.18 bits per heavy atom. The molecular formula is C14H13ClO2. The van der Waals surface area contributed by atoms with Crippen LogP contribution >= 0.6 is 11.6 Å². The van der Waals surface area contributed by atoms with Gasteiger partial charge in [0.1, 0.15) is 5.76 Å². The molecule has 88 valence electrons. The van der Waals surface area contributed by atoms with E-state index in [4.69, 9.17) is 16.3 Å². The molecule has 0 atom stereocenters. The van der Waals surface area contributed by atoms with Crippen LogP contribution in [0.1, 0.15) is 19.4 Å². The number of ether oxygens (including phenoxy) is 1. The summed E-state index contributed by atoms with van der Waals surface area (Å²) < 4.78 is 5.51. The zero-order chi connectivity index (χ0) is 12.5. The number of hydrogen-bond donors (Lipinski definition) is 0. The Morgan fingerprint density at radius 2 is 1.82 bits per heavy atom. The maximum Gasteiger partial charge on any atom is 0.202 e. The monoisotopic (exact) mass is 248 g/mol. The van der Waals surface area contributed by atoms with Crippen LogP contribution in [0.2, 0.25) is 5.02 Å². The predicted molar refractivity (Wildman–Crippen MR) is 68.7 cm³/mol. The fourth-order valence-corrected chi connectivity index (χ4v) is 1.64. The molecule has 0 unspecified atom stereocenters. The van der Waals surface area contributed by atoms with Gasteiger partial charge in [-0.1, -0.05) is 29.8 Å². The Balaban J connectivity index is 2.10. The first kappa shape index (κ1) is 11.9. The van der Waals surface area contributed by atoms with E-state index in [1.165, 1.54) is 6.08 Å². The van der Waals surface area contributed by atoms with Gasteiger partial charge in [-0.15, -0.1) is 0 Å². The van der Waals surface area contributed by atoms with E-state index in [9.17, 15) is 4.79 Å². The number of ketones is 1. The van der Waals surface area contributed by atoms with Gasteiger partial charge in [-0.05, 0) is 37.6 Å². The molecule has 1 heterocycles. The summed E-state index contributed by atoms with van der Waals surface area (Å²) >= 11 is 5.79. The maximum atomic E-state index is 11.5. The molecule has 2 nitrogen and oxygen atoms in total. The molecule has 1 aliphatic rings. The standard InChI is InChI=1S/C14H13ClO2/c1-14(2)13(16)9-12(17-14)8-5-10-3-6-11(15)7-4-10/h3-9H,1-2H3/b8-5+. The molecule has 1 aliphatic heterocycles. The first-order chi connectivity index (χ1) is 7.97. The van der Waals surface area contributed by atoms with Crippen molar-refractivity contribution in [2.24, 2.45) is 0 Å². The number of carbonyl (C=O) groups is 1. The summed E-state index contributed by atoms with van der Waals surface area (Å²) in [6.07, 6.45) is 5.19. The number of carbonyl (C=O) groups excluding carboxylic acids is 1. The van der Waals surface area contributed by atoms with Gasteiger partial charge in [0.25, 0.3) is 0 Å². The van der Waals surface area contributed by atoms with E-state index in [1.807, 2.05) is 30.3 Å².